The number of fused-ring (bicyclic) bond motifs is 1. The lowest BCUT2D eigenvalue weighted by Crippen LogP contribution is -1.85. The zero-order valence-corrected chi connectivity index (χ0v) is 8.46. The molecule has 0 saturated heterocycles. The molecule has 62 valence electrons. The highest BCUT2D eigenvalue weighted by molar-refractivity contribution is 9.10. The van der Waals surface area contributed by atoms with Crippen LogP contribution in [0.15, 0.2) is 16.7 Å². The highest BCUT2D eigenvalue weighted by atomic mass is 79.9. The average Bonchev–Trinajstić information content (AvgIpc) is 2.29. The smallest absolute Gasteiger partial charge is 0.125 e. The molecular weight excluding hydrogens is 218 g/mol. The Labute approximate surface area is 78.5 Å². The molecule has 0 unspecified atom stereocenters. The first-order valence-electron chi connectivity index (χ1n) is 3.63. The molecule has 0 bridgehead atoms. The Hall–Kier alpha value is -0.900. The van der Waals surface area contributed by atoms with Crippen molar-refractivity contribution < 1.29 is 0 Å². The maximum Gasteiger partial charge on any atom is 0.125 e. The lowest BCUT2D eigenvalue weighted by atomic mass is 10.3. The van der Waals surface area contributed by atoms with E-state index in [2.05, 4.69) is 26.0 Å². The molecule has 2 heterocycles. The molecule has 0 N–H and O–H groups in total. The Morgan fingerprint density at radius 3 is 3.00 bits per heavy atom. The van der Waals surface area contributed by atoms with E-state index in [1.807, 2.05) is 26.2 Å². The standard InChI is InChI=1S/C8H8BrN3/c1-5-3-6(9)8-7(10-5)4-12(2)11-8/h3-4H,1-2H3. The van der Waals surface area contributed by atoms with Gasteiger partial charge in [-0.2, -0.15) is 5.10 Å². The molecule has 0 aliphatic heterocycles. The Bertz CT molecular complexity index is 433. The van der Waals surface area contributed by atoms with E-state index < -0.39 is 0 Å². The lowest BCUT2D eigenvalue weighted by molar-refractivity contribution is 0.779. The molecule has 0 aliphatic carbocycles. The summed E-state index contributed by atoms with van der Waals surface area (Å²) < 4.78 is 2.77. The van der Waals surface area contributed by atoms with E-state index in [9.17, 15) is 0 Å². The number of rotatable bonds is 0. The van der Waals surface area contributed by atoms with Gasteiger partial charge in [0.2, 0.25) is 0 Å². The highest BCUT2D eigenvalue weighted by Gasteiger charge is 2.04. The van der Waals surface area contributed by atoms with E-state index in [1.165, 1.54) is 0 Å². The van der Waals surface area contributed by atoms with Crippen molar-refractivity contribution in [3.05, 3.63) is 22.4 Å². The molecule has 0 saturated carbocycles. The number of aryl methyl sites for hydroxylation is 2. The van der Waals surface area contributed by atoms with Gasteiger partial charge in [-0.3, -0.25) is 4.68 Å². The molecule has 0 atom stereocenters. The number of pyridine rings is 1. The number of nitrogens with zero attached hydrogens (tertiary/aromatic N) is 3. The van der Waals surface area contributed by atoms with Gasteiger partial charge in [-0.15, -0.1) is 0 Å². The molecule has 0 fully saturated rings. The molecule has 2 aromatic rings. The van der Waals surface area contributed by atoms with Crippen molar-refractivity contribution in [2.24, 2.45) is 7.05 Å². The second kappa shape index (κ2) is 2.55. The van der Waals surface area contributed by atoms with Gasteiger partial charge >= 0.3 is 0 Å². The third-order valence-electron chi connectivity index (χ3n) is 1.67. The largest absolute Gasteiger partial charge is 0.273 e. The van der Waals surface area contributed by atoms with E-state index >= 15 is 0 Å². The minimum Gasteiger partial charge on any atom is -0.273 e. The summed E-state index contributed by atoms with van der Waals surface area (Å²) in [6.07, 6.45) is 1.91. The number of halogens is 1. The van der Waals surface area contributed by atoms with Gasteiger partial charge in [0.05, 0.1) is 6.20 Å². The lowest BCUT2D eigenvalue weighted by Gasteiger charge is -1.93. The van der Waals surface area contributed by atoms with Crippen molar-refractivity contribution in [1.82, 2.24) is 14.8 Å². The van der Waals surface area contributed by atoms with Crippen LogP contribution in [0.2, 0.25) is 0 Å². The molecule has 0 aromatic carbocycles. The number of hydrogen-bond donors (Lipinski definition) is 0. The quantitative estimate of drug-likeness (QED) is 0.688. The Morgan fingerprint density at radius 1 is 1.50 bits per heavy atom. The maximum absolute atomic E-state index is 4.34. The fourth-order valence-corrected chi connectivity index (χ4v) is 1.82. The normalized spacial score (nSPS) is 10.9. The molecule has 2 rings (SSSR count). The summed E-state index contributed by atoms with van der Waals surface area (Å²) in [5, 5.41) is 4.26. The SMILES string of the molecule is Cc1cc(Br)c2nn(C)cc2n1. The maximum atomic E-state index is 4.34. The van der Waals surface area contributed by atoms with Crippen LogP contribution in [0.1, 0.15) is 5.69 Å². The summed E-state index contributed by atoms with van der Waals surface area (Å²) in [5.41, 5.74) is 2.86. The van der Waals surface area contributed by atoms with Crippen molar-refractivity contribution in [3.63, 3.8) is 0 Å². The average molecular weight is 226 g/mol. The summed E-state index contributed by atoms with van der Waals surface area (Å²) in [6.45, 7) is 1.97. The van der Waals surface area contributed by atoms with Crippen LogP contribution >= 0.6 is 15.9 Å². The van der Waals surface area contributed by atoms with E-state index in [0.717, 1.165) is 21.2 Å². The van der Waals surface area contributed by atoms with Crippen molar-refractivity contribution >= 4 is 27.0 Å². The fourth-order valence-electron chi connectivity index (χ4n) is 1.20. The molecule has 0 radical (unpaired) electrons. The highest BCUT2D eigenvalue weighted by Crippen LogP contribution is 2.21. The van der Waals surface area contributed by atoms with E-state index in [4.69, 9.17) is 0 Å². The topological polar surface area (TPSA) is 30.7 Å². The first-order chi connectivity index (χ1) is 5.66. The van der Waals surface area contributed by atoms with Gasteiger partial charge in [0.25, 0.3) is 0 Å². The molecular formula is C8H8BrN3. The van der Waals surface area contributed by atoms with E-state index in [-0.39, 0.29) is 0 Å². The molecule has 12 heavy (non-hydrogen) atoms. The summed E-state index contributed by atoms with van der Waals surface area (Å²) in [7, 11) is 1.89. The molecule has 2 aromatic heterocycles. The van der Waals surface area contributed by atoms with Crippen molar-refractivity contribution in [3.8, 4) is 0 Å². The molecule has 0 amide bonds. The van der Waals surface area contributed by atoms with Crippen LogP contribution in [-0.2, 0) is 7.05 Å². The summed E-state index contributed by atoms with van der Waals surface area (Å²) in [6, 6.07) is 1.97. The zero-order chi connectivity index (χ0) is 8.72. The van der Waals surface area contributed by atoms with Crippen molar-refractivity contribution in [1.29, 1.82) is 0 Å². The van der Waals surface area contributed by atoms with Crippen LogP contribution in [0.4, 0.5) is 0 Å². The van der Waals surface area contributed by atoms with Crippen LogP contribution in [0.3, 0.4) is 0 Å². The van der Waals surface area contributed by atoms with Crippen LogP contribution in [-0.4, -0.2) is 14.8 Å². The summed E-state index contributed by atoms with van der Waals surface area (Å²) in [4.78, 5) is 4.34. The first kappa shape index (κ1) is 7.73. The number of hydrogen-bond acceptors (Lipinski definition) is 2. The van der Waals surface area contributed by atoms with Gasteiger partial charge in [0.1, 0.15) is 11.0 Å². The Balaban J connectivity index is 2.88. The molecule has 3 nitrogen and oxygen atoms in total. The predicted molar refractivity (Wildman–Crippen MR) is 50.9 cm³/mol. The van der Waals surface area contributed by atoms with Crippen LogP contribution in [0.25, 0.3) is 11.0 Å². The number of aromatic nitrogens is 3. The molecule has 4 heteroatoms. The van der Waals surface area contributed by atoms with Crippen LogP contribution in [0.5, 0.6) is 0 Å². The molecule has 0 spiro atoms. The monoisotopic (exact) mass is 225 g/mol. The zero-order valence-electron chi connectivity index (χ0n) is 6.87. The van der Waals surface area contributed by atoms with Gasteiger partial charge in [0, 0.05) is 17.2 Å². The van der Waals surface area contributed by atoms with Crippen LogP contribution < -0.4 is 0 Å². The van der Waals surface area contributed by atoms with Gasteiger partial charge in [-0.05, 0) is 28.9 Å². The minimum atomic E-state index is 0.920. The van der Waals surface area contributed by atoms with Gasteiger partial charge in [0.15, 0.2) is 0 Å². The molecule has 0 aliphatic rings. The second-order valence-electron chi connectivity index (χ2n) is 2.78. The van der Waals surface area contributed by atoms with E-state index in [1.54, 1.807) is 4.68 Å². The van der Waals surface area contributed by atoms with Gasteiger partial charge < -0.3 is 0 Å². The third-order valence-corrected chi connectivity index (χ3v) is 2.27. The van der Waals surface area contributed by atoms with E-state index in [0.29, 0.717) is 0 Å². The van der Waals surface area contributed by atoms with Gasteiger partial charge in [-0.25, -0.2) is 4.98 Å². The minimum absolute atomic E-state index is 0.920. The predicted octanol–water partition coefficient (Wildman–Crippen LogP) is 2.04. The van der Waals surface area contributed by atoms with Crippen molar-refractivity contribution in [2.75, 3.05) is 0 Å². The van der Waals surface area contributed by atoms with Gasteiger partial charge in [-0.1, -0.05) is 0 Å². The fraction of sp³-hybridized carbons (Fsp3) is 0.250. The second-order valence-corrected chi connectivity index (χ2v) is 3.64. The Kier molecular flexibility index (Phi) is 1.65. The first-order valence-corrected chi connectivity index (χ1v) is 4.42. The summed E-state index contributed by atoms with van der Waals surface area (Å²) >= 11 is 3.45. The van der Waals surface area contributed by atoms with Crippen LogP contribution in [0, 0.1) is 6.92 Å². The Morgan fingerprint density at radius 2 is 2.25 bits per heavy atom. The third kappa shape index (κ3) is 1.12. The summed E-state index contributed by atoms with van der Waals surface area (Å²) in [5.74, 6) is 0. The van der Waals surface area contributed by atoms with Crippen molar-refractivity contribution in [2.45, 2.75) is 6.92 Å².